The molecule has 28 heavy (non-hydrogen) atoms. The zero-order valence-corrected chi connectivity index (χ0v) is 16.6. The molecular weight excluding hydrogens is 382 g/mol. The van der Waals surface area contributed by atoms with Crippen LogP contribution in [0.4, 0.5) is 0 Å². The number of epoxide rings is 1. The van der Waals surface area contributed by atoms with Crippen molar-refractivity contribution in [1.82, 2.24) is 4.72 Å². The van der Waals surface area contributed by atoms with Gasteiger partial charge in [0.1, 0.15) is 6.04 Å². The molecule has 8 heteroatoms. The highest BCUT2D eigenvalue weighted by atomic mass is 32.2. The number of ether oxygens (including phenoxy) is 3. The Balaban J connectivity index is 1.84. The van der Waals surface area contributed by atoms with E-state index in [9.17, 15) is 13.2 Å². The van der Waals surface area contributed by atoms with Crippen molar-refractivity contribution in [2.24, 2.45) is 0 Å². The second-order valence-electron chi connectivity index (χ2n) is 6.66. The van der Waals surface area contributed by atoms with Gasteiger partial charge in [0.15, 0.2) is 11.5 Å². The zero-order chi connectivity index (χ0) is 20.1. The maximum absolute atomic E-state index is 12.9. The van der Waals surface area contributed by atoms with E-state index in [1.165, 1.54) is 7.11 Å². The van der Waals surface area contributed by atoms with Crippen LogP contribution < -0.4 is 14.2 Å². The Morgan fingerprint density at radius 3 is 2.54 bits per heavy atom. The number of hydrogen-bond donors (Lipinski definition) is 1. The van der Waals surface area contributed by atoms with Crippen LogP contribution in [0, 0.1) is 0 Å². The van der Waals surface area contributed by atoms with Crippen LogP contribution in [0.15, 0.2) is 48.5 Å². The van der Waals surface area contributed by atoms with E-state index in [1.54, 1.807) is 6.07 Å². The van der Waals surface area contributed by atoms with Gasteiger partial charge < -0.3 is 14.2 Å². The minimum absolute atomic E-state index is 0.0961. The first-order chi connectivity index (χ1) is 13.4. The molecule has 0 bridgehead atoms. The third-order valence-corrected chi connectivity index (χ3v) is 4.97. The molecule has 2 aromatic carbocycles. The van der Waals surface area contributed by atoms with Crippen LogP contribution in [-0.4, -0.2) is 46.5 Å². The number of carbonyl (C=O) groups excluding carboxylic acids is 1. The molecule has 2 aromatic rings. The summed E-state index contributed by atoms with van der Waals surface area (Å²) >= 11 is 0. The number of hydrogen-bond acceptors (Lipinski definition) is 6. The number of carbonyl (C=O) groups is 1. The third-order valence-electron chi connectivity index (χ3n) is 4.26. The Morgan fingerprint density at radius 1 is 1.21 bits per heavy atom. The molecule has 2 atom stereocenters. The number of methoxy groups -OCH3 is 1. The fraction of sp³-hybridized carbons (Fsp3) is 0.350. The minimum atomic E-state index is -3.62. The topological polar surface area (TPSA) is 94.2 Å². The Bertz CT molecular complexity index is 925. The lowest BCUT2D eigenvalue weighted by Gasteiger charge is -2.19. The van der Waals surface area contributed by atoms with Gasteiger partial charge >= 0.3 is 5.97 Å². The molecule has 1 fully saturated rings. The quantitative estimate of drug-likeness (QED) is 0.388. The number of benzene rings is 2. The summed E-state index contributed by atoms with van der Waals surface area (Å²) in [7, 11) is -2.13. The Kier molecular flexibility index (Phi) is 6.33. The van der Waals surface area contributed by atoms with Crippen molar-refractivity contribution in [3.8, 4) is 11.5 Å². The van der Waals surface area contributed by atoms with E-state index < -0.39 is 22.0 Å². The molecule has 1 aliphatic rings. The Labute approximate surface area is 164 Å². The van der Waals surface area contributed by atoms with E-state index in [4.69, 9.17) is 14.2 Å². The molecule has 0 saturated carbocycles. The van der Waals surface area contributed by atoms with Crippen molar-refractivity contribution in [1.29, 1.82) is 0 Å². The molecule has 1 N–H and O–H groups in total. The number of nitrogens with one attached hydrogen (secondary N) is 1. The van der Waals surface area contributed by atoms with Crippen LogP contribution in [0.2, 0.25) is 0 Å². The Hall–Kier alpha value is -2.42. The largest absolute Gasteiger partial charge is 0.493 e. The third kappa shape index (κ3) is 5.79. The summed E-state index contributed by atoms with van der Waals surface area (Å²) in [6, 6.07) is 13.4. The van der Waals surface area contributed by atoms with Crippen LogP contribution in [0.3, 0.4) is 0 Å². The van der Waals surface area contributed by atoms with Gasteiger partial charge in [0.25, 0.3) is 0 Å². The number of rotatable bonds is 9. The second-order valence-corrected chi connectivity index (χ2v) is 8.44. The first-order valence-corrected chi connectivity index (χ1v) is 10.8. The predicted octanol–water partition coefficient (Wildman–Crippen LogP) is 1.70. The van der Waals surface area contributed by atoms with Gasteiger partial charge in [-0.2, -0.15) is 0 Å². The van der Waals surface area contributed by atoms with Gasteiger partial charge in [-0.05, 0) is 18.1 Å². The van der Waals surface area contributed by atoms with E-state index in [2.05, 4.69) is 4.72 Å². The summed E-state index contributed by atoms with van der Waals surface area (Å²) < 4.78 is 42.1. The van der Waals surface area contributed by atoms with Crippen LogP contribution in [0.1, 0.15) is 11.1 Å². The summed E-state index contributed by atoms with van der Waals surface area (Å²) in [4.78, 5) is 12.9. The van der Waals surface area contributed by atoms with Gasteiger partial charge in [0, 0.05) is 12.0 Å². The van der Waals surface area contributed by atoms with Crippen molar-refractivity contribution >= 4 is 16.0 Å². The van der Waals surface area contributed by atoms with Crippen LogP contribution >= 0.6 is 0 Å². The van der Waals surface area contributed by atoms with E-state index in [0.717, 1.165) is 17.4 Å². The number of para-hydroxylation sites is 1. The smallest absolute Gasteiger partial charge is 0.330 e. The fourth-order valence-corrected chi connectivity index (χ4v) is 3.58. The summed E-state index contributed by atoms with van der Waals surface area (Å²) in [5.41, 5.74) is 1.58. The molecule has 0 aromatic heterocycles. The molecule has 0 amide bonds. The lowest BCUT2D eigenvalue weighted by molar-refractivity contribution is -0.136. The predicted molar refractivity (Wildman–Crippen MR) is 104 cm³/mol. The standard InChI is InChI=1S/C20H23NO6S/c1-25-18-10-6-9-15(12-16-13-26-16)19(18)27-20(22)17(21-28(2,23)24)11-14-7-4-3-5-8-14/h3-10,16-17,21H,11-13H2,1-2H3/t16?,17-/m0/s1. The molecule has 0 aliphatic carbocycles. The maximum Gasteiger partial charge on any atom is 0.330 e. The first-order valence-electron chi connectivity index (χ1n) is 8.86. The van der Waals surface area contributed by atoms with E-state index in [-0.39, 0.29) is 12.5 Å². The molecule has 0 spiro atoms. The average molecular weight is 405 g/mol. The minimum Gasteiger partial charge on any atom is -0.493 e. The van der Waals surface area contributed by atoms with Gasteiger partial charge in [-0.15, -0.1) is 0 Å². The molecule has 1 aliphatic heterocycles. The van der Waals surface area contributed by atoms with Crippen molar-refractivity contribution in [3.63, 3.8) is 0 Å². The zero-order valence-electron chi connectivity index (χ0n) is 15.8. The monoisotopic (exact) mass is 405 g/mol. The summed E-state index contributed by atoms with van der Waals surface area (Å²) in [6.45, 7) is 0.664. The number of esters is 1. The van der Waals surface area contributed by atoms with Gasteiger partial charge in [-0.3, -0.25) is 0 Å². The SMILES string of the molecule is COc1cccc(CC2CO2)c1OC(=O)[C@H](Cc1ccccc1)NS(C)(=O)=O. The van der Waals surface area contributed by atoms with Crippen LogP contribution in [0.25, 0.3) is 0 Å². The first kappa shape index (κ1) is 20.3. The fourth-order valence-electron chi connectivity index (χ4n) is 2.88. The molecule has 150 valence electrons. The normalized spacial score (nSPS) is 17.0. The summed E-state index contributed by atoms with van der Waals surface area (Å²) in [6.07, 6.45) is 1.86. The van der Waals surface area contributed by atoms with Crippen LogP contribution in [0.5, 0.6) is 11.5 Å². The summed E-state index contributed by atoms with van der Waals surface area (Å²) in [5.74, 6) is -0.0000715. The van der Waals surface area contributed by atoms with Crippen LogP contribution in [-0.2, 0) is 32.4 Å². The molecule has 1 heterocycles. The van der Waals surface area contributed by atoms with Gasteiger partial charge in [0.2, 0.25) is 10.0 Å². The lowest BCUT2D eigenvalue weighted by atomic mass is 10.1. The van der Waals surface area contributed by atoms with Gasteiger partial charge in [-0.25, -0.2) is 17.9 Å². The highest BCUT2D eigenvalue weighted by molar-refractivity contribution is 7.88. The highest BCUT2D eigenvalue weighted by Crippen LogP contribution is 2.34. The van der Waals surface area contributed by atoms with Gasteiger partial charge in [0.05, 0.1) is 26.1 Å². The van der Waals surface area contributed by atoms with Crippen molar-refractivity contribution in [2.75, 3.05) is 20.0 Å². The van der Waals surface area contributed by atoms with Gasteiger partial charge in [-0.1, -0.05) is 42.5 Å². The molecule has 1 saturated heterocycles. The Morgan fingerprint density at radius 2 is 1.93 bits per heavy atom. The maximum atomic E-state index is 12.9. The van der Waals surface area contributed by atoms with E-state index in [1.807, 2.05) is 42.5 Å². The number of sulfonamides is 1. The van der Waals surface area contributed by atoms with Crippen molar-refractivity contribution in [3.05, 3.63) is 59.7 Å². The molecule has 0 radical (unpaired) electrons. The highest BCUT2D eigenvalue weighted by Gasteiger charge is 2.29. The van der Waals surface area contributed by atoms with E-state index in [0.29, 0.717) is 24.5 Å². The van der Waals surface area contributed by atoms with Crippen molar-refractivity contribution < 1.29 is 27.4 Å². The molecule has 1 unspecified atom stereocenters. The molecule has 3 rings (SSSR count). The summed E-state index contributed by atoms with van der Waals surface area (Å²) in [5, 5.41) is 0. The molecule has 7 nitrogen and oxygen atoms in total. The lowest BCUT2D eigenvalue weighted by Crippen LogP contribution is -2.44. The van der Waals surface area contributed by atoms with E-state index >= 15 is 0 Å². The second kappa shape index (κ2) is 8.72. The molecular formula is C20H23NO6S. The average Bonchev–Trinajstić information content (AvgIpc) is 3.46. The van der Waals surface area contributed by atoms with Crippen molar-refractivity contribution in [2.45, 2.75) is 25.0 Å².